The first kappa shape index (κ1) is 16.1. The van der Waals surface area contributed by atoms with Gasteiger partial charge in [-0.05, 0) is 57.7 Å². The van der Waals surface area contributed by atoms with Gasteiger partial charge in [0, 0.05) is 23.4 Å². The Morgan fingerprint density at radius 3 is 2.71 bits per heavy atom. The fourth-order valence-corrected chi connectivity index (χ4v) is 3.92. The minimum absolute atomic E-state index is 0.138. The molecule has 0 aliphatic carbocycles. The van der Waals surface area contributed by atoms with Gasteiger partial charge in [-0.1, -0.05) is 6.07 Å². The van der Waals surface area contributed by atoms with Crippen molar-refractivity contribution in [3.63, 3.8) is 0 Å². The van der Waals surface area contributed by atoms with Crippen LogP contribution in [-0.4, -0.2) is 18.5 Å². The molecule has 0 atom stereocenters. The van der Waals surface area contributed by atoms with Crippen molar-refractivity contribution in [1.82, 2.24) is 9.71 Å². The van der Waals surface area contributed by atoms with Gasteiger partial charge in [-0.15, -0.1) is 0 Å². The number of aliphatic hydroxyl groups excluding tert-OH is 1. The number of halogens is 1. The summed E-state index contributed by atoms with van der Waals surface area (Å²) in [6, 6.07) is 6.46. The molecule has 5 nitrogen and oxygen atoms in total. The number of aryl methyl sites for hydroxylation is 1. The molecule has 2 N–H and O–H groups in total. The number of pyridine rings is 1. The first-order chi connectivity index (χ1) is 9.94. The molecule has 1 aromatic carbocycles. The lowest BCUT2D eigenvalue weighted by Gasteiger charge is -2.10. The van der Waals surface area contributed by atoms with Gasteiger partial charge in [-0.2, -0.15) is 0 Å². The molecule has 0 fully saturated rings. The molecule has 0 bridgehead atoms. The van der Waals surface area contributed by atoms with E-state index in [0.29, 0.717) is 10.0 Å². The zero-order chi connectivity index (χ0) is 15.5. The second-order valence-electron chi connectivity index (χ2n) is 4.55. The van der Waals surface area contributed by atoms with Gasteiger partial charge in [0.2, 0.25) is 10.0 Å². The molecule has 0 unspecified atom stereocenters. The maximum absolute atomic E-state index is 12.3. The van der Waals surface area contributed by atoms with Gasteiger partial charge in [0.1, 0.15) is 0 Å². The monoisotopic (exact) mass is 370 g/mol. The molecule has 2 rings (SSSR count). The fourth-order valence-electron chi connectivity index (χ4n) is 1.79. The van der Waals surface area contributed by atoms with Crippen molar-refractivity contribution in [2.75, 3.05) is 0 Å². The van der Waals surface area contributed by atoms with Crippen molar-refractivity contribution >= 4 is 26.0 Å². The molecule has 0 saturated carbocycles. The Bertz CT molecular complexity index is 748. The van der Waals surface area contributed by atoms with Crippen LogP contribution in [0.3, 0.4) is 0 Å². The second-order valence-corrected chi connectivity index (χ2v) is 7.14. The molecule has 0 aliphatic heterocycles. The number of hydrogen-bond donors (Lipinski definition) is 2. The van der Waals surface area contributed by atoms with E-state index < -0.39 is 10.0 Å². The predicted molar refractivity (Wildman–Crippen MR) is 83.1 cm³/mol. The van der Waals surface area contributed by atoms with E-state index in [0.717, 1.165) is 11.1 Å². The summed E-state index contributed by atoms with van der Waals surface area (Å²) >= 11 is 3.22. The van der Waals surface area contributed by atoms with Crippen molar-refractivity contribution in [3.05, 3.63) is 57.8 Å². The highest BCUT2D eigenvalue weighted by atomic mass is 79.9. The highest BCUT2D eigenvalue weighted by molar-refractivity contribution is 9.10. The molecule has 2 aromatic rings. The van der Waals surface area contributed by atoms with E-state index in [9.17, 15) is 8.42 Å². The average Bonchev–Trinajstić information content (AvgIpc) is 2.46. The molecule has 0 amide bonds. The van der Waals surface area contributed by atoms with Gasteiger partial charge < -0.3 is 5.11 Å². The Kier molecular flexibility index (Phi) is 5.10. The number of nitrogens with one attached hydrogen (secondary N) is 1. The van der Waals surface area contributed by atoms with Crippen LogP contribution in [-0.2, 0) is 23.2 Å². The molecular formula is C14H15BrN2O3S. The Hall–Kier alpha value is -1.28. The maximum atomic E-state index is 12.3. The summed E-state index contributed by atoms with van der Waals surface area (Å²) in [4.78, 5) is 4.13. The molecule has 1 aromatic heterocycles. The Balaban J connectivity index is 2.21. The van der Waals surface area contributed by atoms with Gasteiger partial charge in [0.05, 0.1) is 11.5 Å². The van der Waals surface area contributed by atoms with Gasteiger partial charge in [-0.3, -0.25) is 4.98 Å². The van der Waals surface area contributed by atoms with Crippen molar-refractivity contribution in [1.29, 1.82) is 0 Å². The third-order valence-corrected chi connectivity index (χ3v) is 5.45. The third kappa shape index (κ3) is 3.88. The van der Waals surface area contributed by atoms with Crippen LogP contribution in [0.15, 0.2) is 46.0 Å². The van der Waals surface area contributed by atoms with E-state index in [1.165, 1.54) is 6.07 Å². The van der Waals surface area contributed by atoms with E-state index in [2.05, 4.69) is 25.6 Å². The molecule has 1 heterocycles. The number of aliphatic hydroxyl groups is 1. The van der Waals surface area contributed by atoms with E-state index in [4.69, 9.17) is 5.11 Å². The van der Waals surface area contributed by atoms with Crippen molar-refractivity contribution in [3.8, 4) is 0 Å². The normalized spacial score (nSPS) is 11.6. The standard InChI is InChI=1S/C14H15BrN2O3S/c1-10-4-5-16-7-12(10)8-17-21(19,20)14-3-2-11(9-18)6-13(14)15/h2-7,17-18H,8-9H2,1H3. The molecule has 0 radical (unpaired) electrons. The number of hydrogen-bond acceptors (Lipinski definition) is 4. The summed E-state index contributed by atoms with van der Waals surface area (Å²) in [5, 5.41) is 9.05. The lowest BCUT2D eigenvalue weighted by molar-refractivity contribution is 0.281. The average molecular weight is 371 g/mol. The summed E-state index contributed by atoms with van der Waals surface area (Å²) < 4.78 is 27.6. The quantitative estimate of drug-likeness (QED) is 0.844. The Labute approximate surface area is 132 Å². The summed E-state index contributed by atoms with van der Waals surface area (Å²) in [6.07, 6.45) is 3.30. The number of rotatable bonds is 5. The van der Waals surface area contributed by atoms with Crippen LogP contribution in [0, 0.1) is 6.92 Å². The first-order valence-corrected chi connectivity index (χ1v) is 8.50. The smallest absolute Gasteiger partial charge is 0.241 e. The van der Waals surface area contributed by atoms with E-state index in [-0.39, 0.29) is 18.0 Å². The highest BCUT2D eigenvalue weighted by Gasteiger charge is 2.17. The van der Waals surface area contributed by atoms with Crippen molar-refractivity contribution < 1.29 is 13.5 Å². The van der Waals surface area contributed by atoms with Crippen molar-refractivity contribution in [2.45, 2.75) is 25.0 Å². The maximum Gasteiger partial charge on any atom is 0.241 e. The van der Waals surface area contributed by atoms with E-state index >= 15 is 0 Å². The highest BCUT2D eigenvalue weighted by Crippen LogP contribution is 2.23. The zero-order valence-electron chi connectivity index (χ0n) is 11.4. The molecule has 7 heteroatoms. The van der Waals surface area contributed by atoms with Crippen LogP contribution in [0.25, 0.3) is 0 Å². The van der Waals surface area contributed by atoms with Crippen LogP contribution in [0.2, 0.25) is 0 Å². The molecule has 0 saturated heterocycles. The number of benzene rings is 1. The summed E-state index contributed by atoms with van der Waals surface area (Å²) in [5.74, 6) is 0. The fraction of sp³-hybridized carbons (Fsp3) is 0.214. The van der Waals surface area contributed by atoms with Crippen LogP contribution in [0.4, 0.5) is 0 Å². The summed E-state index contributed by atoms with van der Waals surface area (Å²) in [5.41, 5.74) is 2.44. The number of sulfonamides is 1. The molecule has 21 heavy (non-hydrogen) atoms. The lowest BCUT2D eigenvalue weighted by atomic mass is 10.2. The molecule has 112 valence electrons. The predicted octanol–water partition coefficient (Wildman–Crippen LogP) is 2.12. The third-order valence-electron chi connectivity index (χ3n) is 3.07. The van der Waals surface area contributed by atoms with Crippen LogP contribution in [0.1, 0.15) is 16.7 Å². The number of aromatic nitrogens is 1. The van der Waals surface area contributed by atoms with Gasteiger partial charge >= 0.3 is 0 Å². The van der Waals surface area contributed by atoms with E-state index in [1.807, 2.05) is 13.0 Å². The summed E-state index contributed by atoms with van der Waals surface area (Å²) in [6.45, 7) is 1.94. The molecule has 0 aliphatic rings. The lowest BCUT2D eigenvalue weighted by Crippen LogP contribution is -2.24. The SMILES string of the molecule is Cc1ccncc1CNS(=O)(=O)c1ccc(CO)cc1Br. The topological polar surface area (TPSA) is 79.3 Å². The van der Waals surface area contributed by atoms with Crippen LogP contribution >= 0.6 is 15.9 Å². The minimum Gasteiger partial charge on any atom is -0.392 e. The zero-order valence-corrected chi connectivity index (χ0v) is 13.8. The van der Waals surface area contributed by atoms with Crippen molar-refractivity contribution in [2.24, 2.45) is 0 Å². The Morgan fingerprint density at radius 1 is 1.33 bits per heavy atom. The van der Waals surface area contributed by atoms with Gasteiger partial charge in [-0.25, -0.2) is 13.1 Å². The van der Waals surface area contributed by atoms with Gasteiger partial charge in [0.25, 0.3) is 0 Å². The number of nitrogens with zero attached hydrogens (tertiary/aromatic N) is 1. The largest absolute Gasteiger partial charge is 0.392 e. The molecule has 0 spiro atoms. The van der Waals surface area contributed by atoms with Crippen LogP contribution < -0.4 is 4.72 Å². The minimum atomic E-state index is -3.64. The van der Waals surface area contributed by atoms with Gasteiger partial charge in [0.15, 0.2) is 0 Å². The summed E-state index contributed by atoms with van der Waals surface area (Å²) in [7, 11) is -3.64. The van der Waals surface area contributed by atoms with E-state index in [1.54, 1.807) is 24.5 Å². The Morgan fingerprint density at radius 2 is 2.10 bits per heavy atom. The first-order valence-electron chi connectivity index (χ1n) is 6.22. The molecular weight excluding hydrogens is 356 g/mol. The second kappa shape index (κ2) is 6.65. The van der Waals surface area contributed by atoms with Crippen LogP contribution in [0.5, 0.6) is 0 Å².